The van der Waals surface area contributed by atoms with Gasteiger partial charge in [0.15, 0.2) is 0 Å². The minimum atomic E-state index is -0.889. The molecule has 0 bridgehead atoms. The molecule has 1 heterocycles. The lowest BCUT2D eigenvalue weighted by atomic mass is 10.0. The summed E-state index contributed by atoms with van der Waals surface area (Å²) < 4.78 is 13.7. The molecule has 1 aliphatic rings. The molecule has 21 heavy (non-hydrogen) atoms. The third kappa shape index (κ3) is 3.73. The first-order valence-electron chi connectivity index (χ1n) is 7.27. The molecule has 0 aliphatic carbocycles. The SMILES string of the molecule is CC(C)(C)N(C(=O)O)[C@@H]1CCN(Cc2ccccc2F)C1. The lowest BCUT2D eigenvalue weighted by Crippen LogP contribution is -2.52. The van der Waals surface area contributed by atoms with Gasteiger partial charge in [-0.2, -0.15) is 0 Å². The minimum absolute atomic E-state index is 0.0331. The molecule has 1 aromatic carbocycles. The predicted molar refractivity (Wildman–Crippen MR) is 79.7 cm³/mol. The zero-order valence-electron chi connectivity index (χ0n) is 12.8. The van der Waals surface area contributed by atoms with E-state index in [0.29, 0.717) is 18.7 Å². The van der Waals surface area contributed by atoms with Crippen molar-refractivity contribution in [2.24, 2.45) is 0 Å². The highest BCUT2D eigenvalue weighted by molar-refractivity contribution is 5.66. The molecule has 0 saturated carbocycles. The van der Waals surface area contributed by atoms with Crippen molar-refractivity contribution >= 4 is 6.09 Å². The molecule has 5 heteroatoms. The van der Waals surface area contributed by atoms with E-state index in [1.165, 1.54) is 11.0 Å². The van der Waals surface area contributed by atoms with Gasteiger partial charge in [0.25, 0.3) is 0 Å². The van der Waals surface area contributed by atoms with Crippen LogP contribution in [0.25, 0.3) is 0 Å². The van der Waals surface area contributed by atoms with Crippen LogP contribution in [0.4, 0.5) is 9.18 Å². The van der Waals surface area contributed by atoms with Crippen molar-refractivity contribution in [1.82, 2.24) is 9.80 Å². The van der Waals surface area contributed by atoms with Crippen LogP contribution in [0.15, 0.2) is 24.3 Å². The first kappa shape index (κ1) is 15.8. The molecular formula is C16H23FN2O2. The van der Waals surface area contributed by atoms with Crippen LogP contribution in [-0.4, -0.2) is 45.7 Å². The lowest BCUT2D eigenvalue weighted by molar-refractivity contribution is 0.0718. The second kappa shape index (κ2) is 6.02. The Kier molecular flexibility index (Phi) is 4.52. The van der Waals surface area contributed by atoms with Crippen molar-refractivity contribution in [3.63, 3.8) is 0 Å². The average molecular weight is 294 g/mol. The Hall–Kier alpha value is -1.62. The first-order valence-corrected chi connectivity index (χ1v) is 7.27. The molecule has 4 nitrogen and oxygen atoms in total. The van der Waals surface area contributed by atoms with Crippen molar-refractivity contribution in [3.05, 3.63) is 35.6 Å². The van der Waals surface area contributed by atoms with Crippen molar-refractivity contribution in [1.29, 1.82) is 0 Å². The van der Waals surface area contributed by atoms with E-state index in [2.05, 4.69) is 4.90 Å². The zero-order chi connectivity index (χ0) is 15.6. The van der Waals surface area contributed by atoms with Gasteiger partial charge in [0.2, 0.25) is 0 Å². The molecule has 0 aromatic heterocycles. The standard InChI is InChI=1S/C16H23FN2O2/c1-16(2,3)19(15(20)21)13-8-9-18(11-13)10-12-6-4-5-7-14(12)17/h4-7,13H,8-11H2,1-3H3,(H,20,21)/t13-/m1/s1. The number of nitrogens with zero attached hydrogens (tertiary/aromatic N) is 2. The first-order chi connectivity index (χ1) is 9.79. The van der Waals surface area contributed by atoms with E-state index in [9.17, 15) is 14.3 Å². The molecular weight excluding hydrogens is 271 g/mol. The number of carboxylic acid groups (broad SMARTS) is 1. The van der Waals surface area contributed by atoms with Crippen LogP contribution in [-0.2, 0) is 6.54 Å². The van der Waals surface area contributed by atoms with E-state index >= 15 is 0 Å². The number of benzene rings is 1. The minimum Gasteiger partial charge on any atom is -0.465 e. The van der Waals surface area contributed by atoms with Crippen molar-refractivity contribution in [3.8, 4) is 0 Å². The van der Waals surface area contributed by atoms with Gasteiger partial charge < -0.3 is 5.11 Å². The van der Waals surface area contributed by atoms with E-state index in [4.69, 9.17) is 0 Å². The Balaban J connectivity index is 2.03. The van der Waals surface area contributed by atoms with Gasteiger partial charge in [0.05, 0.1) is 0 Å². The Labute approximate surface area is 125 Å². The van der Waals surface area contributed by atoms with Crippen LogP contribution in [0.3, 0.4) is 0 Å². The molecule has 1 atom stereocenters. The lowest BCUT2D eigenvalue weighted by Gasteiger charge is -2.38. The zero-order valence-corrected chi connectivity index (χ0v) is 12.8. The maximum absolute atomic E-state index is 13.7. The molecule has 0 radical (unpaired) electrons. The van der Waals surface area contributed by atoms with Crippen LogP contribution >= 0.6 is 0 Å². The van der Waals surface area contributed by atoms with Gasteiger partial charge >= 0.3 is 6.09 Å². The van der Waals surface area contributed by atoms with Gasteiger partial charge in [-0.25, -0.2) is 9.18 Å². The molecule has 1 aromatic rings. The van der Waals surface area contributed by atoms with Crippen LogP contribution in [0.2, 0.25) is 0 Å². The van der Waals surface area contributed by atoms with Crippen molar-refractivity contribution < 1.29 is 14.3 Å². The molecule has 2 rings (SSSR count). The highest BCUT2D eigenvalue weighted by Gasteiger charge is 2.37. The maximum Gasteiger partial charge on any atom is 0.408 e. The number of hydrogen-bond donors (Lipinski definition) is 1. The molecule has 0 spiro atoms. The summed E-state index contributed by atoms with van der Waals surface area (Å²) in [5, 5.41) is 9.44. The van der Waals surface area contributed by atoms with Gasteiger partial charge in [-0.3, -0.25) is 9.80 Å². The second-order valence-electron chi connectivity index (χ2n) is 6.59. The van der Waals surface area contributed by atoms with Crippen molar-refractivity contribution in [2.75, 3.05) is 13.1 Å². The highest BCUT2D eigenvalue weighted by atomic mass is 19.1. The fourth-order valence-electron chi connectivity index (χ4n) is 3.02. The summed E-state index contributed by atoms with van der Waals surface area (Å²) in [6.07, 6.45) is -0.0990. The van der Waals surface area contributed by atoms with E-state index in [-0.39, 0.29) is 11.9 Å². The summed E-state index contributed by atoms with van der Waals surface area (Å²) in [6.45, 7) is 7.68. The fraction of sp³-hybridized carbons (Fsp3) is 0.562. The van der Waals surface area contributed by atoms with Crippen LogP contribution in [0.1, 0.15) is 32.8 Å². The van der Waals surface area contributed by atoms with E-state index in [0.717, 1.165) is 13.0 Å². The molecule has 1 aliphatic heterocycles. The van der Waals surface area contributed by atoms with Gasteiger partial charge in [0, 0.05) is 36.8 Å². The number of halogens is 1. The summed E-state index contributed by atoms with van der Waals surface area (Å²) in [7, 11) is 0. The fourth-order valence-corrected chi connectivity index (χ4v) is 3.02. The Morgan fingerprint density at radius 2 is 2.10 bits per heavy atom. The summed E-state index contributed by atoms with van der Waals surface area (Å²) in [4.78, 5) is 15.1. The van der Waals surface area contributed by atoms with Crippen LogP contribution < -0.4 is 0 Å². The maximum atomic E-state index is 13.7. The Morgan fingerprint density at radius 3 is 2.67 bits per heavy atom. The summed E-state index contributed by atoms with van der Waals surface area (Å²) >= 11 is 0. The van der Waals surface area contributed by atoms with Gasteiger partial charge in [-0.15, -0.1) is 0 Å². The number of rotatable bonds is 3. The third-order valence-corrected chi connectivity index (χ3v) is 3.89. The predicted octanol–water partition coefficient (Wildman–Crippen LogP) is 3.18. The summed E-state index contributed by atoms with van der Waals surface area (Å²) in [5.41, 5.74) is 0.237. The Morgan fingerprint density at radius 1 is 1.43 bits per heavy atom. The van der Waals surface area contributed by atoms with E-state index in [1.807, 2.05) is 26.8 Å². The van der Waals surface area contributed by atoms with Gasteiger partial charge in [-0.1, -0.05) is 18.2 Å². The van der Waals surface area contributed by atoms with Crippen LogP contribution in [0, 0.1) is 5.82 Å². The molecule has 1 fully saturated rings. The summed E-state index contributed by atoms with van der Waals surface area (Å²) in [6, 6.07) is 6.71. The highest BCUT2D eigenvalue weighted by Crippen LogP contribution is 2.25. The number of amides is 1. The number of likely N-dealkylation sites (tertiary alicyclic amines) is 1. The quantitative estimate of drug-likeness (QED) is 0.931. The number of carbonyl (C=O) groups is 1. The molecule has 0 unspecified atom stereocenters. The largest absolute Gasteiger partial charge is 0.465 e. The number of hydrogen-bond acceptors (Lipinski definition) is 2. The van der Waals surface area contributed by atoms with Crippen LogP contribution in [0.5, 0.6) is 0 Å². The van der Waals surface area contributed by atoms with Crippen molar-refractivity contribution in [2.45, 2.75) is 45.3 Å². The molecule has 1 saturated heterocycles. The third-order valence-electron chi connectivity index (χ3n) is 3.89. The molecule has 116 valence electrons. The summed E-state index contributed by atoms with van der Waals surface area (Å²) in [5.74, 6) is -0.202. The normalized spacial score (nSPS) is 19.7. The smallest absolute Gasteiger partial charge is 0.408 e. The molecule has 1 N–H and O–H groups in total. The Bertz CT molecular complexity index is 513. The monoisotopic (exact) mass is 294 g/mol. The van der Waals surface area contributed by atoms with E-state index in [1.54, 1.807) is 12.1 Å². The van der Waals surface area contributed by atoms with E-state index < -0.39 is 11.6 Å². The second-order valence-corrected chi connectivity index (χ2v) is 6.59. The van der Waals surface area contributed by atoms with Gasteiger partial charge in [0.1, 0.15) is 5.82 Å². The van der Waals surface area contributed by atoms with Gasteiger partial charge in [-0.05, 0) is 33.3 Å². The average Bonchev–Trinajstić information content (AvgIpc) is 2.78. The molecule has 1 amide bonds. The topological polar surface area (TPSA) is 43.8 Å².